The molecule has 0 radical (unpaired) electrons. The summed E-state index contributed by atoms with van der Waals surface area (Å²) in [7, 11) is 4.26. The lowest BCUT2D eigenvalue weighted by Crippen LogP contribution is -2.33. The van der Waals surface area contributed by atoms with Gasteiger partial charge in [0.1, 0.15) is 11.5 Å². The van der Waals surface area contributed by atoms with Crippen LogP contribution in [0.15, 0.2) is 36.4 Å². The van der Waals surface area contributed by atoms with Crippen molar-refractivity contribution in [1.29, 1.82) is 0 Å². The number of methoxy groups -OCH3 is 3. The molecule has 0 unspecified atom stereocenters. The maximum absolute atomic E-state index is 13.3. The van der Waals surface area contributed by atoms with Gasteiger partial charge in [0.05, 0.1) is 38.4 Å². The molecule has 0 bridgehead atoms. The van der Waals surface area contributed by atoms with Crippen LogP contribution >= 0.6 is 0 Å². The van der Waals surface area contributed by atoms with E-state index in [0.29, 0.717) is 11.5 Å². The summed E-state index contributed by atoms with van der Waals surface area (Å²) in [4.78, 5) is 37.5. The normalized spacial score (nSPS) is 12.8. The standard InChI is InChI=1S/C21H22N2O7/c1-28-18-6-7-19(29-2)15(11-18)12-22(16-4-5-16)20(24)13-8-14(21(25)30-3)10-17(9-13)23(26)27/h6-11,16H,4-5,12H2,1-3H3. The van der Waals surface area contributed by atoms with E-state index in [1.807, 2.05) is 0 Å². The maximum Gasteiger partial charge on any atom is 0.338 e. The van der Waals surface area contributed by atoms with Crippen molar-refractivity contribution in [3.8, 4) is 11.5 Å². The molecule has 2 aromatic rings. The van der Waals surface area contributed by atoms with Crippen LogP contribution in [0.4, 0.5) is 5.69 Å². The average molecular weight is 414 g/mol. The number of benzene rings is 2. The first-order chi connectivity index (χ1) is 14.4. The molecule has 1 fully saturated rings. The molecule has 3 rings (SSSR count). The van der Waals surface area contributed by atoms with Crippen molar-refractivity contribution in [2.45, 2.75) is 25.4 Å². The third kappa shape index (κ3) is 4.51. The van der Waals surface area contributed by atoms with Gasteiger partial charge in [-0.1, -0.05) is 0 Å². The summed E-state index contributed by atoms with van der Waals surface area (Å²) in [5, 5.41) is 11.3. The molecule has 1 aliphatic carbocycles. The highest BCUT2D eigenvalue weighted by Gasteiger charge is 2.34. The number of carbonyl (C=O) groups is 2. The molecule has 0 heterocycles. The number of nitrogens with zero attached hydrogens (tertiary/aromatic N) is 2. The molecule has 158 valence electrons. The maximum atomic E-state index is 13.3. The molecule has 30 heavy (non-hydrogen) atoms. The summed E-state index contributed by atoms with van der Waals surface area (Å²) in [5.74, 6) is 0.0669. The Balaban J connectivity index is 1.98. The van der Waals surface area contributed by atoms with Crippen molar-refractivity contribution in [1.82, 2.24) is 4.90 Å². The Bertz CT molecular complexity index is 985. The molecule has 9 heteroatoms. The lowest BCUT2D eigenvalue weighted by Gasteiger charge is -2.24. The number of nitro benzene ring substituents is 1. The largest absolute Gasteiger partial charge is 0.497 e. The van der Waals surface area contributed by atoms with Crippen molar-refractivity contribution < 1.29 is 28.7 Å². The molecule has 2 aromatic carbocycles. The van der Waals surface area contributed by atoms with Gasteiger partial charge in [0.25, 0.3) is 11.6 Å². The second-order valence-electron chi connectivity index (χ2n) is 6.86. The summed E-state index contributed by atoms with van der Waals surface area (Å²) >= 11 is 0. The van der Waals surface area contributed by atoms with Crippen molar-refractivity contribution in [3.63, 3.8) is 0 Å². The van der Waals surface area contributed by atoms with Gasteiger partial charge in [-0.3, -0.25) is 14.9 Å². The van der Waals surface area contributed by atoms with Crippen LogP contribution in [0.25, 0.3) is 0 Å². The van der Waals surface area contributed by atoms with Gasteiger partial charge in [-0.15, -0.1) is 0 Å². The van der Waals surface area contributed by atoms with Crippen LogP contribution in [0.1, 0.15) is 39.1 Å². The third-order valence-corrected chi connectivity index (χ3v) is 4.87. The Hall–Kier alpha value is -3.62. The van der Waals surface area contributed by atoms with E-state index in [2.05, 4.69) is 4.74 Å². The third-order valence-electron chi connectivity index (χ3n) is 4.87. The number of hydrogen-bond donors (Lipinski definition) is 0. The number of non-ortho nitro benzene ring substituents is 1. The molecule has 0 spiro atoms. The Morgan fingerprint density at radius 3 is 2.33 bits per heavy atom. The van der Waals surface area contributed by atoms with Gasteiger partial charge in [-0.2, -0.15) is 0 Å². The summed E-state index contributed by atoms with van der Waals surface area (Å²) in [6.45, 7) is 0.236. The summed E-state index contributed by atoms with van der Waals surface area (Å²) in [6.07, 6.45) is 1.66. The fourth-order valence-corrected chi connectivity index (χ4v) is 3.18. The van der Waals surface area contributed by atoms with Crippen LogP contribution in [-0.2, 0) is 11.3 Å². The highest BCUT2D eigenvalue weighted by Crippen LogP contribution is 2.33. The molecule has 1 amide bonds. The molecular weight excluding hydrogens is 392 g/mol. The highest BCUT2D eigenvalue weighted by atomic mass is 16.6. The number of ether oxygens (including phenoxy) is 3. The first-order valence-corrected chi connectivity index (χ1v) is 9.27. The minimum atomic E-state index is -0.750. The van der Waals surface area contributed by atoms with Crippen molar-refractivity contribution in [2.75, 3.05) is 21.3 Å². The molecule has 1 aliphatic rings. The molecule has 9 nitrogen and oxygen atoms in total. The zero-order valence-corrected chi connectivity index (χ0v) is 16.9. The van der Waals surface area contributed by atoms with Crippen molar-refractivity contribution >= 4 is 17.6 Å². The van der Waals surface area contributed by atoms with E-state index in [1.165, 1.54) is 26.4 Å². The van der Waals surface area contributed by atoms with Gasteiger partial charge in [0, 0.05) is 29.3 Å². The topological polar surface area (TPSA) is 108 Å². The van der Waals surface area contributed by atoms with Crippen LogP contribution in [0.2, 0.25) is 0 Å². The van der Waals surface area contributed by atoms with Gasteiger partial charge in [-0.25, -0.2) is 4.79 Å². The van der Waals surface area contributed by atoms with Crippen molar-refractivity contribution in [2.24, 2.45) is 0 Å². The fraction of sp³-hybridized carbons (Fsp3) is 0.333. The van der Waals surface area contributed by atoms with Gasteiger partial charge in [0.2, 0.25) is 0 Å². The molecule has 0 N–H and O–H groups in total. The molecule has 0 atom stereocenters. The molecule has 0 aromatic heterocycles. The van der Waals surface area contributed by atoms with E-state index in [1.54, 1.807) is 30.2 Å². The van der Waals surface area contributed by atoms with Crippen LogP contribution in [0.5, 0.6) is 11.5 Å². The number of esters is 1. The summed E-state index contributed by atoms with van der Waals surface area (Å²) in [5.41, 5.74) is 0.398. The first-order valence-electron chi connectivity index (χ1n) is 9.27. The van der Waals surface area contributed by atoms with E-state index in [4.69, 9.17) is 9.47 Å². The van der Waals surface area contributed by atoms with Crippen LogP contribution in [-0.4, -0.2) is 49.1 Å². The Morgan fingerprint density at radius 1 is 1.07 bits per heavy atom. The van der Waals surface area contributed by atoms with E-state index in [0.717, 1.165) is 24.5 Å². The second kappa shape index (κ2) is 8.81. The zero-order valence-electron chi connectivity index (χ0n) is 16.9. The van der Waals surface area contributed by atoms with E-state index in [-0.39, 0.29) is 29.4 Å². The highest BCUT2D eigenvalue weighted by molar-refractivity contribution is 5.99. The zero-order chi connectivity index (χ0) is 21.8. The van der Waals surface area contributed by atoms with E-state index in [9.17, 15) is 19.7 Å². The van der Waals surface area contributed by atoms with Crippen LogP contribution in [0, 0.1) is 10.1 Å². The van der Waals surface area contributed by atoms with E-state index >= 15 is 0 Å². The monoisotopic (exact) mass is 414 g/mol. The average Bonchev–Trinajstić information content (AvgIpc) is 3.61. The van der Waals surface area contributed by atoms with Gasteiger partial charge in [-0.05, 0) is 37.1 Å². The molecule has 0 saturated heterocycles. The minimum Gasteiger partial charge on any atom is -0.497 e. The minimum absolute atomic E-state index is 0.00856. The predicted molar refractivity (Wildman–Crippen MR) is 107 cm³/mol. The lowest BCUT2D eigenvalue weighted by atomic mass is 10.1. The van der Waals surface area contributed by atoms with Gasteiger partial charge in [0.15, 0.2) is 0 Å². The number of rotatable bonds is 8. The van der Waals surface area contributed by atoms with Gasteiger partial charge >= 0.3 is 5.97 Å². The fourth-order valence-electron chi connectivity index (χ4n) is 3.18. The summed E-state index contributed by atoms with van der Waals surface area (Å²) in [6, 6.07) is 8.90. The smallest absolute Gasteiger partial charge is 0.338 e. The molecular formula is C21H22N2O7. The van der Waals surface area contributed by atoms with Gasteiger partial charge < -0.3 is 19.1 Å². The molecule has 1 saturated carbocycles. The first kappa shape index (κ1) is 21.1. The quantitative estimate of drug-likeness (QED) is 0.371. The predicted octanol–water partition coefficient (Wildman–Crippen LogP) is 3.20. The van der Waals surface area contributed by atoms with Crippen LogP contribution < -0.4 is 9.47 Å². The number of carbonyl (C=O) groups excluding carboxylic acids is 2. The number of amides is 1. The van der Waals surface area contributed by atoms with Crippen molar-refractivity contribution in [3.05, 3.63) is 63.2 Å². The Labute approximate surface area is 173 Å². The lowest BCUT2D eigenvalue weighted by molar-refractivity contribution is -0.384. The summed E-state index contributed by atoms with van der Waals surface area (Å²) < 4.78 is 15.3. The van der Waals surface area contributed by atoms with Crippen LogP contribution in [0.3, 0.4) is 0 Å². The SMILES string of the molecule is COC(=O)c1cc(C(=O)N(Cc2cc(OC)ccc2OC)C2CC2)cc([N+](=O)[O-])c1. The number of nitro groups is 1. The Morgan fingerprint density at radius 2 is 1.77 bits per heavy atom. The second-order valence-corrected chi connectivity index (χ2v) is 6.86. The Kier molecular flexibility index (Phi) is 6.20. The molecule has 0 aliphatic heterocycles. The number of hydrogen-bond acceptors (Lipinski definition) is 7. The van der Waals surface area contributed by atoms with E-state index < -0.39 is 16.8 Å².